The van der Waals surface area contributed by atoms with Gasteiger partial charge in [-0.1, -0.05) is 6.92 Å². The Hall–Kier alpha value is -1.79. The molecule has 1 aliphatic rings. The topological polar surface area (TPSA) is 98.7 Å². The Morgan fingerprint density at radius 3 is 2.52 bits per heavy atom. The highest BCUT2D eigenvalue weighted by Gasteiger charge is 2.43. The quantitative estimate of drug-likeness (QED) is 0.679. The smallest absolute Gasteiger partial charge is 0.329 e. The summed E-state index contributed by atoms with van der Waals surface area (Å²) in [6, 6.07) is -0.414. The van der Waals surface area contributed by atoms with Crippen molar-refractivity contribution >= 4 is 17.9 Å². The van der Waals surface area contributed by atoms with E-state index in [1.165, 1.54) is 4.90 Å². The first-order valence-electron chi connectivity index (χ1n) is 7.47. The van der Waals surface area contributed by atoms with Crippen LogP contribution in [-0.4, -0.2) is 53.1 Å². The van der Waals surface area contributed by atoms with Gasteiger partial charge >= 0.3 is 12.0 Å². The van der Waals surface area contributed by atoms with Crippen molar-refractivity contribution in [3.63, 3.8) is 0 Å². The van der Waals surface area contributed by atoms with E-state index in [2.05, 4.69) is 10.6 Å². The minimum atomic E-state index is -1.16. The number of rotatable bonds is 6. The van der Waals surface area contributed by atoms with E-state index in [0.717, 1.165) is 19.3 Å². The molecule has 120 valence electrons. The van der Waals surface area contributed by atoms with Gasteiger partial charge in [-0.15, -0.1) is 0 Å². The van der Waals surface area contributed by atoms with E-state index in [4.69, 9.17) is 0 Å². The first-order valence-corrected chi connectivity index (χ1v) is 7.47. The zero-order valence-corrected chi connectivity index (χ0v) is 12.8. The molecular weight excluding hydrogens is 274 g/mol. The maximum atomic E-state index is 12.1. The number of hydrogen-bond donors (Lipinski definition) is 3. The van der Waals surface area contributed by atoms with Gasteiger partial charge in [0.25, 0.3) is 0 Å². The molecule has 21 heavy (non-hydrogen) atoms. The van der Waals surface area contributed by atoms with Crippen LogP contribution >= 0.6 is 0 Å². The molecule has 3 amide bonds. The number of urea groups is 1. The molecule has 0 aromatic carbocycles. The minimum Gasteiger partial charge on any atom is -0.480 e. The highest BCUT2D eigenvalue weighted by molar-refractivity contribution is 5.86. The normalized spacial score (nSPS) is 21.7. The van der Waals surface area contributed by atoms with Crippen molar-refractivity contribution in [2.45, 2.75) is 51.5 Å². The average molecular weight is 299 g/mol. The van der Waals surface area contributed by atoms with E-state index >= 15 is 0 Å². The number of carbonyl (C=O) groups is 3. The molecule has 0 spiro atoms. The molecule has 0 bridgehead atoms. The van der Waals surface area contributed by atoms with E-state index in [-0.39, 0.29) is 18.9 Å². The van der Waals surface area contributed by atoms with Crippen molar-refractivity contribution in [1.82, 2.24) is 15.5 Å². The number of carboxylic acid groups (broad SMARTS) is 1. The largest absolute Gasteiger partial charge is 0.480 e. The lowest BCUT2D eigenvalue weighted by Crippen LogP contribution is -2.60. The zero-order chi connectivity index (χ0) is 15.9. The number of carboxylic acids is 1. The highest BCUT2D eigenvalue weighted by Crippen LogP contribution is 2.28. The number of aliphatic carboxylic acids is 1. The molecule has 0 aromatic rings. The molecule has 3 N–H and O–H groups in total. The maximum Gasteiger partial charge on any atom is 0.329 e. The third-order valence-electron chi connectivity index (χ3n) is 3.80. The van der Waals surface area contributed by atoms with Gasteiger partial charge in [0, 0.05) is 26.1 Å². The van der Waals surface area contributed by atoms with Crippen LogP contribution in [0.4, 0.5) is 4.79 Å². The van der Waals surface area contributed by atoms with Gasteiger partial charge in [-0.2, -0.15) is 0 Å². The standard InChI is InChI=1S/C14H25N3O4/c1-3-8-15-11(18)6-9-16-13(21)17-10-5-4-7-14(17,2)12(19)20/h3-10H2,1-2H3,(H,15,18)(H,16,21)(H,19,20). The molecule has 1 heterocycles. The predicted octanol–water partition coefficient (Wildman–Crippen LogP) is 0.941. The molecule has 0 radical (unpaired) electrons. The monoisotopic (exact) mass is 299 g/mol. The maximum absolute atomic E-state index is 12.1. The Labute approximate surface area is 125 Å². The third-order valence-corrected chi connectivity index (χ3v) is 3.80. The number of carbonyl (C=O) groups excluding carboxylic acids is 2. The van der Waals surface area contributed by atoms with Gasteiger partial charge in [-0.05, 0) is 32.6 Å². The fraction of sp³-hybridized carbons (Fsp3) is 0.786. The molecule has 7 nitrogen and oxygen atoms in total. The summed E-state index contributed by atoms with van der Waals surface area (Å²) >= 11 is 0. The van der Waals surface area contributed by atoms with Gasteiger partial charge in [-0.25, -0.2) is 9.59 Å². The summed E-state index contributed by atoms with van der Waals surface area (Å²) in [5, 5.41) is 14.7. The van der Waals surface area contributed by atoms with Gasteiger partial charge in [0.1, 0.15) is 5.54 Å². The lowest BCUT2D eigenvalue weighted by Gasteiger charge is -2.41. The van der Waals surface area contributed by atoms with Crippen molar-refractivity contribution in [1.29, 1.82) is 0 Å². The average Bonchev–Trinajstić information content (AvgIpc) is 2.45. The van der Waals surface area contributed by atoms with Gasteiger partial charge in [0.2, 0.25) is 5.91 Å². The predicted molar refractivity (Wildman–Crippen MR) is 77.9 cm³/mol. The Morgan fingerprint density at radius 2 is 1.90 bits per heavy atom. The minimum absolute atomic E-state index is 0.114. The Balaban J connectivity index is 2.46. The second kappa shape index (κ2) is 7.85. The van der Waals surface area contributed by atoms with Crippen LogP contribution in [0.5, 0.6) is 0 Å². The van der Waals surface area contributed by atoms with Crippen molar-refractivity contribution in [3.05, 3.63) is 0 Å². The second-order valence-corrected chi connectivity index (χ2v) is 5.52. The van der Waals surface area contributed by atoms with Crippen molar-refractivity contribution < 1.29 is 19.5 Å². The molecule has 1 fully saturated rings. The van der Waals surface area contributed by atoms with Gasteiger partial charge in [-0.3, -0.25) is 4.79 Å². The molecule has 1 aliphatic heterocycles. The first kappa shape index (κ1) is 17.3. The van der Waals surface area contributed by atoms with Crippen LogP contribution < -0.4 is 10.6 Å². The molecule has 1 unspecified atom stereocenters. The first-order chi connectivity index (χ1) is 9.91. The van der Waals surface area contributed by atoms with E-state index in [1.807, 2.05) is 6.92 Å². The van der Waals surface area contributed by atoms with E-state index in [0.29, 0.717) is 19.5 Å². The van der Waals surface area contributed by atoms with Crippen molar-refractivity contribution in [2.24, 2.45) is 0 Å². The summed E-state index contributed by atoms with van der Waals surface area (Å²) in [6.07, 6.45) is 3.11. The summed E-state index contributed by atoms with van der Waals surface area (Å²) < 4.78 is 0. The summed E-state index contributed by atoms with van der Waals surface area (Å²) in [5.41, 5.74) is -1.16. The molecule has 1 saturated heterocycles. The second-order valence-electron chi connectivity index (χ2n) is 5.52. The Kier molecular flexibility index (Phi) is 6.45. The van der Waals surface area contributed by atoms with Crippen LogP contribution in [0.25, 0.3) is 0 Å². The van der Waals surface area contributed by atoms with Crippen LogP contribution in [0.3, 0.4) is 0 Å². The number of piperidine rings is 1. The number of likely N-dealkylation sites (tertiary alicyclic amines) is 1. The zero-order valence-electron chi connectivity index (χ0n) is 12.8. The number of nitrogens with zero attached hydrogens (tertiary/aromatic N) is 1. The van der Waals surface area contributed by atoms with Gasteiger partial charge in [0.05, 0.1) is 0 Å². The number of nitrogens with one attached hydrogen (secondary N) is 2. The lowest BCUT2D eigenvalue weighted by atomic mass is 9.89. The van der Waals surface area contributed by atoms with Gasteiger partial charge in [0.15, 0.2) is 0 Å². The molecule has 7 heteroatoms. The van der Waals surface area contributed by atoms with Crippen molar-refractivity contribution in [3.8, 4) is 0 Å². The Morgan fingerprint density at radius 1 is 1.19 bits per heavy atom. The Bertz CT molecular complexity index is 400. The number of amides is 3. The van der Waals surface area contributed by atoms with Gasteiger partial charge < -0.3 is 20.6 Å². The highest BCUT2D eigenvalue weighted by atomic mass is 16.4. The van der Waals surface area contributed by atoms with Crippen LogP contribution in [-0.2, 0) is 9.59 Å². The molecule has 0 saturated carbocycles. The SMILES string of the molecule is CCCNC(=O)CCNC(=O)N1CCCCC1(C)C(=O)O. The van der Waals surface area contributed by atoms with Crippen LogP contribution in [0.2, 0.25) is 0 Å². The number of hydrogen-bond acceptors (Lipinski definition) is 3. The summed E-state index contributed by atoms with van der Waals surface area (Å²) in [7, 11) is 0. The molecule has 0 aliphatic carbocycles. The molecule has 1 rings (SSSR count). The van der Waals surface area contributed by atoms with Crippen LogP contribution in [0.1, 0.15) is 46.0 Å². The van der Waals surface area contributed by atoms with E-state index in [9.17, 15) is 19.5 Å². The fourth-order valence-corrected chi connectivity index (χ4v) is 2.40. The summed E-state index contributed by atoms with van der Waals surface area (Å²) in [4.78, 5) is 36.3. The summed E-state index contributed by atoms with van der Waals surface area (Å²) in [5.74, 6) is -1.10. The molecule has 0 aromatic heterocycles. The van der Waals surface area contributed by atoms with E-state index in [1.54, 1.807) is 6.92 Å². The van der Waals surface area contributed by atoms with Crippen LogP contribution in [0, 0.1) is 0 Å². The molecular formula is C14H25N3O4. The third kappa shape index (κ3) is 4.61. The van der Waals surface area contributed by atoms with Crippen molar-refractivity contribution in [2.75, 3.05) is 19.6 Å². The van der Waals surface area contributed by atoms with Crippen LogP contribution in [0.15, 0.2) is 0 Å². The molecule has 1 atom stereocenters. The van der Waals surface area contributed by atoms with E-state index < -0.39 is 17.5 Å². The lowest BCUT2D eigenvalue weighted by molar-refractivity contribution is -0.150. The fourth-order valence-electron chi connectivity index (χ4n) is 2.40. The summed E-state index contributed by atoms with van der Waals surface area (Å²) in [6.45, 7) is 4.79.